The minimum atomic E-state index is -0.496. The lowest BCUT2D eigenvalue weighted by molar-refractivity contribution is -0.134. The average molecular weight is 708 g/mol. The van der Waals surface area contributed by atoms with Crippen molar-refractivity contribution in [2.75, 3.05) is 45.9 Å². The van der Waals surface area contributed by atoms with Crippen molar-refractivity contribution in [2.45, 2.75) is 90.3 Å². The van der Waals surface area contributed by atoms with Crippen molar-refractivity contribution in [3.8, 4) is 0 Å². The zero-order valence-corrected chi connectivity index (χ0v) is 30.1. The van der Waals surface area contributed by atoms with Gasteiger partial charge in [0.1, 0.15) is 12.4 Å². The largest absolute Gasteiger partial charge is 0.478 e. The van der Waals surface area contributed by atoms with Crippen LogP contribution in [0.1, 0.15) is 82.3 Å². The normalized spacial score (nSPS) is 19.6. The van der Waals surface area contributed by atoms with E-state index in [2.05, 4.69) is 56.6 Å². The van der Waals surface area contributed by atoms with Crippen molar-refractivity contribution in [3.63, 3.8) is 0 Å². The number of unbranched alkanes of at least 4 members (excludes halogenated alkanes) is 2. The number of carbonyl (C=O) groups excluding carboxylic acids is 3. The second-order valence-corrected chi connectivity index (χ2v) is 14.2. The van der Waals surface area contributed by atoms with Crippen LogP contribution in [-0.2, 0) is 32.3 Å². The molecule has 4 heterocycles. The molecule has 0 unspecified atom stereocenters. The molecule has 3 fully saturated rings. The van der Waals surface area contributed by atoms with Crippen LogP contribution in [-0.4, -0.2) is 90.4 Å². The van der Waals surface area contributed by atoms with Crippen molar-refractivity contribution in [1.82, 2.24) is 25.3 Å². The number of piperidine rings is 2. The molecule has 51 heavy (non-hydrogen) atoms. The molecule has 1 aromatic rings. The first-order chi connectivity index (χ1) is 24.7. The molecule has 5 rings (SSSR count). The number of fused-ring (bicyclic) bond motifs is 2. The molecule has 0 saturated carbocycles. The fourth-order valence-corrected chi connectivity index (χ4v) is 7.43. The summed E-state index contributed by atoms with van der Waals surface area (Å²) in [6, 6.07) is 7.85. The molecule has 280 valence electrons. The predicted molar refractivity (Wildman–Crippen MR) is 195 cm³/mol. The maximum Gasteiger partial charge on any atom is 0.326 e. The van der Waals surface area contributed by atoms with Crippen LogP contribution in [0.3, 0.4) is 0 Å². The molecule has 1 aromatic carbocycles. The second kappa shape index (κ2) is 19.0. The second-order valence-electron chi connectivity index (χ2n) is 14.2. The number of benzene rings is 1. The molecule has 4 amide bonds. The molecule has 3 saturated heterocycles. The summed E-state index contributed by atoms with van der Waals surface area (Å²) in [5.74, 6) is 6.77. The number of urea groups is 1. The fraction of sp³-hybridized carbons (Fsp3) is 0.622. The summed E-state index contributed by atoms with van der Waals surface area (Å²) >= 11 is 0. The summed E-state index contributed by atoms with van der Waals surface area (Å²) in [5.41, 5.74) is 16.1. The lowest BCUT2D eigenvalue weighted by Gasteiger charge is -2.40. The molecular weight excluding hydrogens is 650 g/mol. The van der Waals surface area contributed by atoms with E-state index < -0.39 is 6.04 Å². The molecule has 1 atom stereocenters. The van der Waals surface area contributed by atoms with Crippen molar-refractivity contribution in [3.05, 3.63) is 58.7 Å². The van der Waals surface area contributed by atoms with Gasteiger partial charge in [-0.3, -0.25) is 24.2 Å². The molecule has 4 aliphatic rings. The van der Waals surface area contributed by atoms with Gasteiger partial charge in [0.15, 0.2) is 0 Å². The van der Waals surface area contributed by atoms with Crippen molar-refractivity contribution < 1.29 is 24.0 Å². The van der Waals surface area contributed by atoms with Gasteiger partial charge >= 0.3 is 6.03 Å². The Balaban J connectivity index is 1.01. The van der Waals surface area contributed by atoms with Gasteiger partial charge in [0.05, 0.1) is 24.9 Å². The van der Waals surface area contributed by atoms with E-state index in [0.29, 0.717) is 56.0 Å². The minimum Gasteiger partial charge on any atom is -0.478 e. The number of amides is 4. The van der Waals surface area contributed by atoms with Gasteiger partial charge in [0, 0.05) is 44.4 Å². The summed E-state index contributed by atoms with van der Waals surface area (Å²) in [6.07, 6.45) is 10.8. The maximum atomic E-state index is 13.1. The third-order valence-electron chi connectivity index (χ3n) is 10.5. The Labute approximate surface area is 301 Å². The van der Waals surface area contributed by atoms with Crippen LogP contribution in [0.5, 0.6) is 0 Å². The minimum absolute atomic E-state index is 0.0445. The van der Waals surface area contributed by atoms with Crippen LogP contribution in [0.2, 0.25) is 0 Å². The van der Waals surface area contributed by atoms with Crippen molar-refractivity contribution in [2.24, 2.45) is 34.2 Å². The monoisotopic (exact) mass is 707 g/mol. The quantitative estimate of drug-likeness (QED) is 0.127. The van der Waals surface area contributed by atoms with E-state index >= 15 is 0 Å². The van der Waals surface area contributed by atoms with Crippen LogP contribution in [0.15, 0.2) is 52.5 Å². The van der Waals surface area contributed by atoms with Crippen LogP contribution >= 0.6 is 0 Å². The average Bonchev–Trinajstić information content (AvgIpc) is 3.26. The maximum absolute atomic E-state index is 13.1. The molecule has 0 aliphatic carbocycles. The number of carbonyl (C=O) groups is 3. The van der Waals surface area contributed by atoms with E-state index in [1.807, 2.05) is 11.0 Å². The molecule has 0 aromatic heterocycles. The number of likely N-dealkylation sites (tertiary alicyclic amines) is 2. The predicted octanol–water partition coefficient (Wildman–Crippen LogP) is 2.80. The highest BCUT2D eigenvalue weighted by molar-refractivity contribution is 5.92. The highest BCUT2D eigenvalue weighted by atomic mass is 16.6. The third-order valence-corrected chi connectivity index (χ3v) is 10.5. The topological polar surface area (TPSA) is 194 Å². The number of rotatable bonds is 16. The summed E-state index contributed by atoms with van der Waals surface area (Å²) in [5, 5.41) is 5.63. The first kappa shape index (κ1) is 38.3. The van der Waals surface area contributed by atoms with Gasteiger partial charge in [-0.05, 0) is 87.4 Å². The number of nitrogens with zero attached hydrogens (tertiary/aromatic N) is 4. The molecule has 8 N–H and O–H groups in total. The Bertz CT molecular complexity index is 1430. The summed E-state index contributed by atoms with van der Waals surface area (Å²) < 4.78 is 5.85. The molecule has 14 nitrogen and oxygen atoms in total. The number of nitrogens with two attached hydrogens (primary N) is 3. The SMILES string of the molecule is CCCCOC1=NC(N)=C2CC(=C1)N(Cc1ccc(CN3CCC(C4CCN(C(=O)[C@@H](N)CCCCNC(=O)CON)CC4)CC3)cc1)C(=O)N2. The van der Waals surface area contributed by atoms with Gasteiger partial charge in [0.25, 0.3) is 0 Å². The summed E-state index contributed by atoms with van der Waals surface area (Å²) in [4.78, 5) is 52.3. The molecular formula is C37H57N9O5. The van der Waals surface area contributed by atoms with Crippen LogP contribution in [0.4, 0.5) is 4.79 Å². The molecule has 2 bridgehead atoms. The van der Waals surface area contributed by atoms with E-state index in [9.17, 15) is 14.4 Å². The Morgan fingerprint density at radius 3 is 2.33 bits per heavy atom. The van der Waals surface area contributed by atoms with Gasteiger partial charge in [-0.25, -0.2) is 10.7 Å². The van der Waals surface area contributed by atoms with Gasteiger partial charge in [0.2, 0.25) is 17.7 Å². The van der Waals surface area contributed by atoms with E-state index in [1.165, 1.54) is 18.4 Å². The summed E-state index contributed by atoms with van der Waals surface area (Å²) in [7, 11) is 0. The Morgan fingerprint density at radius 1 is 1.00 bits per heavy atom. The lowest BCUT2D eigenvalue weighted by Crippen LogP contribution is -2.48. The van der Waals surface area contributed by atoms with Crippen LogP contribution in [0.25, 0.3) is 0 Å². The lowest BCUT2D eigenvalue weighted by atomic mass is 9.78. The Morgan fingerprint density at radius 2 is 1.67 bits per heavy atom. The third kappa shape index (κ3) is 11.0. The van der Waals surface area contributed by atoms with E-state index in [0.717, 1.165) is 82.5 Å². The van der Waals surface area contributed by atoms with E-state index in [1.54, 1.807) is 4.90 Å². The Kier molecular flexibility index (Phi) is 14.3. The fourth-order valence-electron chi connectivity index (χ4n) is 7.43. The van der Waals surface area contributed by atoms with Crippen molar-refractivity contribution >= 4 is 23.7 Å². The molecule has 4 aliphatic heterocycles. The molecule has 0 radical (unpaired) electrons. The smallest absolute Gasteiger partial charge is 0.326 e. The number of aliphatic imine (C=N–C) groups is 1. The number of nitrogens with one attached hydrogen (secondary N) is 2. The first-order valence-corrected chi connectivity index (χ1v) is 18.7. The number of hydrogen-bond acceptors (Lipinski definition) is 10. The van der Waals surface area contributed by atoms with Crippen LogP contribution in [0, 0.1) is 11.8 Å². The number of hydrogen-bond donors (Lipinski definition) is 5. The Hall–Kier alpha value is -3.98. The van der Waals surface area contributed by atoms with Gasteiger partial charge in [-0.15, -0.1) is 0 Å². The highest BCUT2D eigenvalue weighted by Gasteiger charge is 2.33. The van der Waals surface area contributed by atoms with Gasteiger partial charge in [-0.2, -0.15) is 4.99 Å². The van der Waals surface area contributed by atoms with E-state index in [-0.39, 0.29) is 30.3 Å². The van der Waals surface area contributed by atoms with Gasteiger partial charge < -0.3 is 31.7 Å². The van der Waals surface area contributed by atoms with E-state index in [4.69, 9.17) is 22.1 Å². The molecule has 14 heteroatoms. The van der Waals surface area contributed by atoms with Gasteiger partial charge in [-0.1, -0.05) is 37.6 Å². The van der Waals surface area contributed by atoms with Crippen molar-refractivity contribution in [1.29, 1.82) is 0 Å². The zero-order chi connectivity index (χ0) is 36.2. The number of ether oxygens (including phenoxy) is 1. The van der Waals surface area contributed by atoms with Crippen LogP contribution < -0.4 is 28.0 Å². The zero-order valence-electron chi connectivity index (χ0n) is 30.1. The highest BCUT2D eigenvalue weighted by Crippen LogP contribution is 2.33. The standard InChI is InChI=1S/C37H57N9O5/c1-2-3-20-50-34-22-30-21-32(35(39)43-34)42-37(49)46(30)24-27-9-7-26(8-10-27)23-44-16-11-28(12-17-44)29-13-18-45(19-14-29)36(48)31(38)6-4-5-15-41-33(47)25-51-40/h7-10,22,28-29,31H,2-6,11-21,23-25,38-40H2,1H3,(H,41,47)(H,42,49)/t31-/m0/s1. The first-order valence-electron chi connectivity index (χ1n) is 18.7. The summed E-state index contributed by atoms with van der Waals surface area (Å²) in [6.45, 7) is 8.08. The molecule has 0 spiro atoms.